The van der Waals surface area contributed by atoms with Crippen LogP contribution in [0.4, 0.5) is 21.0 Å². The van der Waals surface area contributed by atoms with Crippen molar-refractivity contribution in [3.05, 3.63) is 79.9 Å². The van der Waals surface area contributed by atoms with E-state index in [4.69, 9.17) is 9.47 Å². The number of rotatable bonds is 11. The number of benzene rings is 2. The first-order valence-electron chi connectivity index (χ1n) is 14.1. The van der Waals surface area contributed by atoms with E-state index in [1.54, 1.807) is 0 Å². The zero-order valence-electron chi connectivity index (χ0n) is 24.4. The maximum atomic E-state index is 13.4. The molecule has 3 amide bonds. The maximum Gasteiger partial charge on any atom is 0.410 e. The highest BCUT2D eigenvalue weighted by Gasteiger charge is 2.42. The van der Waals surface area contributed by atoms with E-state index in [0.29, 0.717) is 17.5 Å². The standard InChI is InChI=1S/C27H32N6O11S2/c34-25(24-15-23(45)16-31(24)27(36)44-18-20-3-7-22(8-4-20)33(39)40)29-10-12-30(13-11-29)46(41,42)14-9-28-26(35)43-17-19-1-5-21(6-2-19)32(37)38/h1-8,23-24,45H,9-18H2,(H,28,35)/t23-,24-/m0/s1. The summed E-state index contributed by atoms with van der Waals surface area (Å²) >= 11 is 4.44. The Balaban J connectivity index is 1.20. The Hall–Kier alpha value is -4.49. The summed E-state index contributed by atoms with van der Waals surface area (Å²) in [5, 5.41) is 23.7. The number of piperazine rings is 1. The Labute approximate surface area is 269 Å². The van der Waals surface area contributed by atoms with Crippen molar-refractivity contribution in [2.24, 2.45) is 0 Å². The van der Waals surface area contributed by atoms with Crippen molar-refractivity contribution in [3.8, 4) is 0 Å². The number of thiol groups is 1. The van der Waals surface area contributed by atoms with Gasteiger partial charge in [0.05, 0.1) is 15.6 Å². The minimum atomic E-state index is -3.77. The van der Waals surface area contributed by atoms with Gasteiger partial charge in [0, 0.05) is 68.8 Å². The van der Waals surface area contributed by atoms with Gasteiger partial charge in [0.25, 0.3) is 11.4 Å². The fourth-order valence-electron chi connectivity index (χ4n) is 4.91. The third-order valence-electron chi connectivity index (χ3n) is 7.40. The third-order valence-corrected chi connectivity index (χ3v) is 9.64. The van der Waals surface area contributed by atoms with Crippen LogP contribution in [0.2, 0.25) is 0 Å². The Morgan fingerprint density at radius 1 is 0.870 bits per heavy atom. The normalized spacial score (nSPS) is 18.5. The van der Waals surface area contributed by atoms with E-state index >= 15 is 0 Å². The first-order valence-corrected chi connectivity index (χ1v) is 16.2. The van der Waals surface area contributed by atoms with Gasteiger partial charge in [0.15, 0.2) is 0 Å². The number of nitrogens with zero attached hydrogens (tertiary/aromatic N) is 5. The Morgan fingerprint density at radius 3 is 1.91 bits per heavy atom. The van der Waals surface area contributed by atoms with Gasteiger partial charge in [-0.05, 0) is 41.8 Å². The number of non-ortho nitro benzene ring substituents is 2. The third kappa shape index (κ3) is 9.04. The molecule has 0 saturated carbocycles. The minimum Gasteiger partial charge on any atom is -0.445 e. The van der Waals surface area contributed by atoms with E-state index < -0.39 is 43.9 Å². The second-order valence-corrected chi connectivity index (χ2v) is 13.3. The number of hydrogen-bond acceptors (Lipinski definition) is 12. The number of nitrogens with one attached hydrogen (secondary N) is 1. The molecule has 0 aliphatic carbocycles. The van der Waals surface area contributed by atoms with Gasteiger partial charge in [-0.2, -0.15) is 16.9 Å². The summed E-state index contributed by atoms with van der Waals surface area (Å²) in [6.45, 7) is -0.0883. The van der Waals surface area contributed by atoms with Crippen molar-refractivity contribution in [2.45, 2.75) is 30.9 Å². The fourth-order valence-corrected chi connectivity index (χ4v) is 6.63. The summed E-state index contributed by atoms with van der Waals surface area (Å²) in [6.07, 6.45) is -1.29. The lowest BCUT2D eigenvalue weighted by molar-refractivity contribution is -0.385. The predicted octanol–water partition coefficient (Wildman–Crippen LogP) is 1.91. The van der Waals surface area contributed by atoms with E-state index in [9.17, 15) is 43.0 Å². The largest absolute Gasteiger partial charge is 0.445 e. The molecule has 2 aliphatic rings. The van der Waals surface area contributed by atoms with Crippen LogP contribution in [0.3, 0.4) is 0 Å². The van der Waals surface area contributed by atoms with E-state index in [0.717, 1.165) is 0 Å². The molecule has 2 saturated heterocycles. The molecule has 17 nitrogen and oxygen atoms in total. The molecule has 2 aliphatic heterocycles. The first kappa shape index (κ1) is 34.4. The molecule has 46 heavy (non-hydrogen) atoms. The van der Waals surface area contributed by atoms with Crippen molar-refractivity contribution >= 4 is 52.1 Å². The molecule has 2 fully saturated rings. The number of nitro benzene ring substituents is 2. The number of nitro groups is 2. The summed E-state index contributed by atoms with van der Waals surface area (Å²) in [4.78, 5) is 61.5. The number of amides is 3. The Morgan fingerprint density at radius 2 is 1.39 bits per heavy atom. The summed E-state index contributed by atoms with van der Waals surface area (Å²) in [5.41, 5.74) is 0.857. The smallest absolute Gasteiger partial charge is 0.410 e. The topological polar surface area (TPSA) is 212 Å². The lowest BCUT2D eigenvalue weighted by Crippen LogP contribution is -2.55. The van der Waals surface area contributed by atoms with Gasteiger partial charge in [-0.25, -0.2) is 18.0 Å². The first-order chi connectivity index (χ1) is 21.8. The highest BCUT2D eigenvalue weighted by molar-refractivity contribution is 7.89. The Bertz CT molecular complexity index is 1550. The molecule has 4 rings (SSSR count). The minimum absolute atomic E-state index is 0.0281. The van der Waals surface area contributed by atoms with Crippen molar-refractivity contribution in [1.29, 1.82) is 0 Å². The molecule has 1 N–H and O–H groups in total. The van der Waals surface area contributed by atoms with Gasteiger partial charge in [0.2, 0.25) is 15.9 Å². The van der Waals surface area contributed by atoms with E-state index in [2.05, 4.69) is 17.9 Å². The molecule has 2 aromatic rings. The van der Waals surface area contributed by atoms with Gasteiger partial charge in [-0.3, -0.25) is 29.9 Å². The van der Waals surface area contributed by atoms with E-state index in [-0.39, 0.29) is 75.0 Å². The average Bonchev–Trinajstić information content (AvgIpc) is 3.44. The molecule has 248 valence electrons. The van der Waals surface area contributed by atoms with Crippen LogP contribution in [0.15, 0.2) is 48.5 Å². The molecular weight excluding hydrogens is 648 g/mol. The van der Waals surface area contributed by atoms with Crippen molar-refractivity contribution < 1.29 is 42.1 Å². The number of ether oxygens (including phenoxy) is 2. The van der Waals surface area contributed by atoms with Crippen molar-refractivity contribution in [3.63, 3.8) is 0 Å². The molecule has 0 bridgehead atoms. The van der Waals surface area contributed by atoms with Gasteiger partial charge in [0.1, 0.15) is 19.3 Å². The molecule has 0 radical (unpaired) electrons. The van der Waals surface area contributed by atoms with Crippen molar-refractivity contribution in [1.82, 2.24) is 19.4 Å². The van der Waals surface area contributed by atoms with Gasteiger partial charge in [-0.1, -0.05) is 0 Å². The molecular formula is C27H32N6O11S2. The lowest BCUT2D eigenvalue weighted by atomic mass is 10.1. The molecule has 0 unspecified atom stereocenters. The van der Waals surface area contributed by atoms with Crippen LogP contribution < -0.4 is 5.32 Å². The Kier molecular flexibility index (Phi) is 11.4. The average molecular weight is 681 g/mol. The van der Waals surface area contributed by atoms with Crippen LogP contribution in [0.5, 0.6) is 0 Å². The second kappa shape index (κ2) is 15.2. The highest BCUT2D eigenvalue weighted by atomic mass is 32.2. The summed E-state index contributed by atoms with van der Waals surface area (Å²) in [7, 11) is -3.77. The summed E-state index contributed by atoms with van der Waals surface area (Å²) < 4.78 is 37.3. The number of alkyl carbamates (subject to hydrolysis) is 1. The zero-order chi connectivity index (χ0) is 33.4. The fraction of sp³-hybridized carbons (Fsp3) is 0.444. The number of hydrogen-bond donors (Lipinski definition) is 2. The maximum absolute atomic E-state index is 13.4. The number of likely N-dealkylation sites (tertiary alicyclic amines) is 1. The van der Waals surface area contributed by atoms with E-state index in [1.165, 1.54) is 62.6 Å². The molecule has 0 aromatic heterocycles. The van der Waals surface area contributed by atoms with Gasteiger partial charge < -0.3 is 19.7 Å². The lowest BCUT2D eigenvalue weighted by Gasteiger charge is -2.36. The van der Waals surface area contributed by atoms with E-state index in [1.807, 2.05) is 0 Å². The second-order valence-electron chi connectivity index (χ2n) is 10.5. The zero-order valence-corrected chi connectivity index (χ0v) is 26.1. The molecule has 2 heterocycles. The van der Waals surface area contributed by atoms with Crippen LogP contribution in [0, 0.1) is 20.2 Å². The molecule has 0 spiro atoms. The monoisotopic (exact) mass is 680 g/mol. The van der Waals surface area contributed by atoms with Crippen LogP contribution >= 0.6 is 12.6 Å². The molecule has 2 aromatic carbocycles. The summed E-state index contributed by atoms with van der Waals surface area (Å²) in [5.74, 6) is -0.746. The van der Waals surface area contributed by atoms with Crippen LogP contribution in [0.25, 0.3) is 0 Å². The number of carbonyl (C=O) groups is 3. The highest BCUT2D eigenvalue weighted by Crippen LogP contribution is 2.26. The summed E-state index contributed by atoms with van der Waals surface area (Å²) in [6, 6.07) is 10.1. The number of sulfonamides is 1. The van der Waals surface area contributed by atoms with Gasteiger partial charge >= 0.3 is 12.2 Å². The molecule has 19 heteroatoms. The predicted molar refractivity (Wildman–Crippen MR) is 164 cm³/mol. The van der Waals surface area contributed by atoms with Crippen LogP contribution in [-0.2, 0) is 37.5 Å². The quantitative estimate of drug-likeness (QED) is 0.199. The van der Waals surface area contributed by atoms with Crippen LogP contribution in [-0.4, -0.2) is 107 Å². The van der Waals surface area contributed by atoms with Crippen molar-refractivity contribution in [2.75, 3.05) is 45.0 Å². The van der Waals surface area contributed by atoms with Crippen LogP contribution in [0.1, 0.15) is 17.5 Å². The number of carbonyl (C=O) groups excluding carboxylic acids is 3. The SMILES string of the molecule is O=C(NCCS(=O)(=O)N1CCN(C(=O)[C@@H]2C[C@H](S)CN2C(=O)OCc2ccc([N+](=O)[O-])cc2)CC1)OCc1ccc([N+](=O)[O-])cc1. The molecule has 2 atom stereocenters. The van der Waals surface area contributed by atoms with Gasteiger partial charge in [-0.15, -0.1) is 0 Å².